The number of rotatable bonds is 11. The minimum atomic E-state index is -0.0831. The number of nitrogens with one attached hydrogen (secondary N) is 2. The molecule has 0 saturated carbocycles. The molecule has 2 heterocycles. The highest BCUT2D eigenvalue weighted by Gasteiger charge is 2.42. The number of allylic oxidation sites excluding steroid dienone is 15. The third-order valence-electron chi connectivity index (χ3n) is 10.4. The van der Waals surface area contributed by atoms with Crippen LogP contribution in [0.2, 0.25) is 0 Å². The van der Waals surface area contributed by atoms with Crippen LogP contribution in [0.3, 0.4) is 0 Å². The van der Waals surface area contributed by atoms with Crippen LogP contribution in [0.4, 0.5) is 5.69 Å². The molecule has 0 spiro atoms. The van der Waals surface area contributed by atoms with E-state index in [9.17, 15) is 0 Å². The number of aliphatic imine (C=N–C) groups is 1. The number of anilines is 1. The summed E-state index contributed by atoms with van der Waals surface area (Å²) in [6.45, 7) is 20.3. The van der Waals surface area contributed by atoms with Gasteiger partial charge in [0.15, 0.2) is 0 Å². The molecule has 6 aliphatic rings. The van der Waals surface area contributed by atoms with Crippen LogP contribution in [0, 0.1) is 0 Å². The van der Waals surface area contributed by atoms with Gasteiger partial charge in [-0.3, -0.25) is 15.2 Å². The van der Waals surface area contributed by atoms with Gasteiger partial charge < -0.3 is 10.2 Å². The van der Waals surface area contributed by atoms with E-state index in [0.717, 1.165) is 37.1 Å². The lowest BCUT2D eigenvalue weighted by Crippen LogP contribution is -2.49. The van der Waals surface area contributed by atoms with Crippen molar-refractivity contribution in [2.75, 3.05) is 11.6 Å². The summed E-state index contributed by atoms with van der Waals surface area (Å²) < 4.78 is 0. The van der Waals surface area contributed by atoms with Gasteiger partial charge in [0.05, 0.1) is 30.5 Å². The third kappa shape index (κ3) is 9.10. The van der Waals surface area contributed by atoms with Gasteiger partial charge in [-0.15, -0.1) is 6.58 Å². The summed E-state index contributed by atoms with van der Waals surface area (Å²) >= 11 is 0. The van der Waals surface area contributed by atoms with Gasteiger partial charge in [-0.05, 0) is 91.8 Å². The quantitative estimate of drug-likeness (QED) is 0.136. The van der Waals surface area contributed by atoms with E-state index in [1.165, 1.54) is 33.6 Å². The standard InChI is InChI=1S/C39H41N5.C8H12.C2H6/c1-4-6-17-34(39-42-33-18-11-13-20-37(33)44(39)29-15-8-7-9-16-29)41-26-43-35-19-12-10-14-28-22-23-30-32(25-31(28)35)36(43)24-21-27(3)38(30)40-5-2;1-3-5-7-8-6-4-2;1-2/h4-13,15-18,20-24,33,35-37,39-40,42H,1-2,14,19,25-26H2,3H3;3-4,6-8H,1,5H2,2H3;1-2H3/b17-6-,41-34+;6-4-,8-7?;. The summed E-state index contributed by atoms with van der Waals surface area (Å²) in [5.74, 6) is 0. The summed E-state index contributed by atoms with van der Waals surface area (Å²) in [4.78, 5) is 10.6. The Labute approximate surface area is 325 Å². The lowest BCUT2D eigenvalue weighted by Gasteiger charge is -2.43. The van der Waals surface area contributed by atoms with Crippen molar-refractivity contribution >= 4 is 11.4 Å². The summed E-state index contributed by atoms with van der Waals surface area (Å²) in [5, 5.41) is 7.36. The van der Waals surface area contributed by atoms with Gasteiger partial charge in [0, 0.05) is 17.4 Å². The molecule has 5 nitrogen and oxygen atoms in total. The highest BCUT2D eigenvalue weighted by molar-refractivity contribution is 6.02. The van der Waals surface area contributed by atoms with Crippen LogP contribution >= 0.6 is 0 Å². The van der Waals surface area contributed by atoms with Crippen molar-refractivity contribution in [2.24, 2.45) is 4.99 Å². The maximum Gasteiger partial charge on any atom is 0.124 e. The number of hydrogen-bond donors (Lipinski definition) is 2. The first-order chi connectivity index (χ1) is 26.6. The molecule has 1 aromatic rings. The second-order valence-corrected chi connectivity index (χ2v) is 13.5. The van der Waals surface area contributed by atoms with Gasteiger partial charge in [-0.25, -0.2) is 0 Å². The fraction of sp³-hybridized carbons (Fsp3) is 0.286. The van der Waals surface area contributed by atoms with Crippen molar-refractivity contribution in [1.29, 1.82) is 0 Å². The molecule has 2 fully saturated rings. The molecule has 5 unspecified atom stereocenters. The van der Waals surface area contributed by atoms with E-state index in [-0.39, 0.29) is 24.3 Å². The fourth-order valence-electron chi connectivity index (χ4n) is 7.92. The van der Waals surface area contributed by atoms with Crippen LogP contribution in [0.5, 0.6) is 0 Å². The Morgan fingerprint density at radius 2 is 1.78 bits per heavy atom. The summed E-state index contributed by atoms with van der Waals surface area (Å²) in [5.41, 5.74) is 10.2. The molecular weight excluding hydrogens is 659 g/mol. The van der Waals surface area contributed by atoms with Crippen LogP contribution in [-0.2, 0) is 0 Å². The van der Waals surface area contributed by atoms with E-state index in [0.29, 0.717) is 12.7 Å². The van der Waals surface area contributed by atoms with Gasteiger partial charge in [0.25, 0.3) is 0 Å². The van der Waals surface area contributed by atoms with Crippen molar-refractivity contribution < 1.29 is 0 Å². The predicted octanol–water partition coefficient (Wildman–Crippen LogP) is 10.7. The first-order valence-corrected chi connectivity index (χ1v) is 19.6. The van der Waals surface area contributed by atoms with E-state index in [1.807, 2.05) is 57.2 Å². The van der Waals surface area contributed by atoms with Crippen LogP contribution in [-0.4, -0.2) is 47.6 Å². The van der Waals surface area contributed by atoms with Gasteiger partial charge in [0.2, 0.25) is 0 Å². The highest BCUT2D eigenvalue weighted by atomic mass is 15.4. The fourth-order valence-corrected chi connectivity index (χ4v) is 7.92. The van der Waals surface area contributed by atoms with E-state index in [1.54, 1.807) is 6.20 Å². The third-order valence-corrected chi connectivity index (χ3v) is 10.4. The molecule has 0 radical (unpaired) electrons. The summed E-state index contributed by atoms with van der Waals surface area (Å²) in [6, 6.07) is 11.6. The number of likely N-dealkylation sites (tertiary alicyclic amines) is 1. The monoisotopic (exact) mass is 717 g/mol. The Kier molecular flexibility index (Phi) is 15.0. The van der Waals surface area contributed by atoms with Crippen molar-refractivity contribution in [3.05, 3.63) is 199 Å². The maximum absolute atomic E-state index is 5.48. The zero-order valence-electron chi connectivity index (χ0n) is 32.7. The topological polar surface area (TPSA) is 42.9 Å². The molecule has 7 rings (SSSR count). The number of nitrogens with zero attached hydrogens (tertiary/aromatic N) is 3. The lowest BCUT2D eigenvalue weighted by atomic mass is 9.82. The van der Waals surface area contributed by atoms with E-state index in [4.69, 9.17) is 4.99 Å². The molecule has 2 N–H and O–H groups in total. The SMILES string of the molecule is C=C/C=C\C(=N/CN1C2C=CC(C)=C(NC=C)C3=C2CC2=C(C=C3)CC=CCC21)C1NC2C=CC=CC2N1c1ccccc1.C=CCC=C/C=C\C.CC. The Hall–Kier alpha value is -5.23. The molecule has 0 amide bonds. The predicted molar refractivity (Wildman–Crippen MR) is 234 cm³/mol. The van der Waals surface area contributed by atoms with E-state index in [2.05, 4.69) is 150 Å². The first-order valence-electron chi connectivity index (χ1n) is 19.6. The maximum atomic E-state index is 5.48. The Bertz CT molecular complexity index is 1870. The van der Waals surface area contributed by atoms with E-state index >= 15 is 0 Å². The molecule has 4 aliphatic carbocycles. The molecule has 1 aromatic carbocycles. The molecular formula is C49H59N5. The Morgan fingerprint density at radius 3 is 2.54 bits per heavy atom. The van der Waals surface area contributed by atoms with Gasteiger partial charge in [0.1, 0.15) is 6.17 Å². The average Bonchev–Trinajstić information content (AvgIpc) is 3.27. The molecule has 2 aliphatic heterocycles. The first kappa shape index (κ1) is 40.0. The molecule has 0 aromatic heterocycles. The number of hydrogen-bond acceptors (Lipinski definition) is 5. The van der Waals surface area contributed by atoms with Crippen molar-refractivity contribution in [2.45, 2.75) is 83.7 Å². The van der Waals surface area contributed by atoms with Crippen molar-refractivity contribution in [3.8, 4) is 0 Å². The van der Waals surface area contributed by atoms with Crippen LogP contribution in [0.1, 0.15) is 53.4 Å². The minimum absolute atomic E-state index is 0.0831. The number of fused-ring (bicyclic) bond motifs is 1. The second kappa shape index (κ2) is 20.3. The smallest absolute Gasteiger partial charge is 0.124 e. The van der Waals surface area contributed by atoms with Crippen molar-refractivity contribution in [3.63, 3.8) is 0 Å². The Morgan fingerprint density at radius 1 is 0.963 bits per heavy atom. The molecule has 5 atom stereocenters. The number of benzene rings is 1. The number of para-hydroxylation sites is 1. The second-order valence-electron chi connectivity index (χ2n) is 13.5. The van der Waals surface area contributed by atoms with Crippen LogP contribution < -0.4 is 15.5 Å². The van der Waals surface area contributed by atoms with Gasteiger partial charge in [-0.2, -0.15) is 0 Å². The molecule has 2 saturated heterocycles. The molecule has 54 heavy (non-hydrogen) atoms. The highest BCUT2D eigenvalue weighted by Crippen LogP contribution is 2.44. The lowest BCUT2D eigenvalue weighted by molar-refractivity contribution is 0.185. The van der Waals surface area contributed by atoms with Gasteiger partial charge in [-0.1, -0.05) is 148 Å². The van der Waals surface area contributed by atoms with E-state index < -0.39 is 0 Å². The van der Waals surface area contributed by atoms with Crippen LogP contribution in [0.25, 0.3) is 0 Å². The number of piperidine rings is 1. The molecule has 280 valence electrons. The van der Waals surface area contributed by atoms with Crippen molar-refractivity contribution in [1.82, 2.24) is 15.5 Å². The summed E-state index contributed by atoms with van der Waals surface area (Å²) in [7, 11) is 0. The van der Waals surface area contributed by atoms with Gasteiger partial charge >= 0.3 is 0 Å². The molecule has 2 bridgehead atoms. The normalized spacial score (nSPS) is 25.6. The molecule has 5 heteroatoms. The summed E-state index contributed by atoms with van der Waals surface area (Å²) in [6.07, 6.45) is 44.5. The average molecular weight is 718 g/mol. The zero-order valence-corrected chi connectivity index (χ0v) is 32.7. The van der Waals surface area contributed by atoms with Crippen LogP contribution in [0.15, 0.2) is 204 Å². The minimum Gasteiger partial charge on any atom is -0.362 e. The Balaban J connectivity index is 0.000000500. The zero-order chi connectivity index (χ0) is 38.3. The largest absolute Gasteiger partial charge is 0.362 e.